The minimum absolute atomic E-state index is 0.0175. The number of hydrogen-bond acceptors (Lipinski definition) is 6. The van der Waals surface area contributed by atoms with Crippen LogP contribution in [0.25, 0.3) is 0 Å². The Balaban J connectivity index is 1.16. The maximum atomic E-state index is 13.0. The van der Waals surface area contributed by atoms with Crippen molar-refractivity contribution in [3.05, 3.63) is 63.6 Å². The van der Waals surface area contributed by atoms with E-state index in [9.17, 15) is 27.6 Å². The molecule has 3 aliphatic rings. The molecule has 11 heteroatoms. The molecule has 1 spiro atoms. The van der Waals surface area contributed by atoms with Crippen molar-refractivity contribution in [2.24, 2.45) is 5.41 Å². The molecule has 1 aromatic carbocycles. The van der Waals surface area contributed by atoms with Crippen LogP contribution in [0.1, 0.15) is 61.0 Å². The van der Waals surface area contributed by atoms with Gasteiger partial charge in [0.2, 0.25) is 0 Å². The molecule has 210 valence electrons. The number of amides is 1. The summed E-state index contributed by atoms with van der Waals surface area (Å²) in [6.07, 6.45) is 0.183. The van der Waals surface area contributed by atoms with Gasteiger partial charge in [0.15, 0.2) is 0 Å². The number of rotatable bonds is 4. The van der Waals surface area contributed by atoms with Gasteiger partial charge >= 0.3 is 12.1 Å². The number of pyridine rings is 1. The Morgan fingerprint density at radius 2 is 1.67 bits per heavy atom. The number of hydrogen-bond donors (Lipinski definition) is 0. The molecule has 2 saturated heterocycles. The first-order valence-corrected chi connectivity index (χ1v) is 13.2. The molecule has 0 atom stereocenters. The van der Waals surface area contributed by atoms with E-state index in [2.05, 4.69) is 41.8 Å². The quantitative estimate of drug-likeness (QED) is 0.582. The van der Waals surface area contributed by atoms with Gasteiger partial charge in [-0.25, -0.2) is 4.79 Å². The Labute approximate surface area is 224 Å². The number of halogens is 3. The third-order valence-corrected chi connectivity index (χ3v) is 8.13. The number of carbonyl (C=O) groups excluding carboxylic acids is 2. The van der Waals surface area contributed by atoms with Crippen molar-refractivity contribution in [3.8, 4) is 5.75 Å². The molecule has 2 aromatic rings. The highest BCUT2D eigenvalue weighted by Crippen LogP contribution is 2.43. The first-order chi connectivity index (χ1) is 18.3. The first-order valence-electron chi connectivity index (χ1n) is 13.2. The van der Waals surface area contributed by atoms with Crippen LogP contribution in [0.2, 0.25) is 0 Å². The molecule has 5 rings (SSSR count). The topological polar surface area (TPSA) is 81.1 Å². The fourth-order valence-corrected chi connectivity index (χ4v) is 5.90. The van der Waals surface area contributed by atoms with Crippen LogP contribution >= 0.6 is 0 Å². The van der Waals surface area contributed by atoms with Gasteiger partial charge in [-0.2, -0.15) is 13.2 Å². The second kappa shape index (κ2) is 10.0. The lowest BCUT2D eigenvalue weighted by Crippen LogP contribution is -2.48. The van der Waals surface area contributed by atoms with Crippen LogP contribution in [0, 0.1) is 5.41 Å². The van der Waals surface area contributed by atoms with Crippen LogP contribution in [-0.4, -0.2) is 64.4 Å². The van der Waals surface area contributed by atoms with Gasteiger partial charge in [0.05, 0.1) is 11.8 Å². The average Bonchev–Trinajstić information content (AvgIpc) is 3.21. The maximum absolute atomic E-state index is 13.0. The van der Waals surface area contributed by atoms with Crippen molar-refractivity contribution in [2.45, 2.75) is 64.3 Å². The zero-order valence-electron chi connectivity index (χ0n) is 22.1. The van der Waals surface area contributed by atoms with Gasteiger partial charge in [-0.15, -0.1) is 4.73 Å². The molecule has 1 aromatic heterocycles. The average molecular weight is 548 g/mol. The molecule has 0 bridgehead atoms. The van der Waals surface area contributed by atoms with E-state index in [4.69, 9.17) is 4.74 Å². The van der Waals surface area contributed by atoms with Crippen LogP contribution in [0.15, 0.2) is 41.3 Å². The lowest BCUT2D eigenvalue weighted by atomic mass is 9.71. The third-order valence-electron chi connectivity index (χ3n) is 8.13. The number of nitrogens with zero attached hydrogens (tertiary/aromatic N) is 3. The molecular formula is C28H32F3N3O5. The summed E-state index contributed by atoms with van der Waals surface area (Å²) < 4.78 is 44.0. The fraction of sp³-hybridized carbons (Fsp3) is 0.536. The molecule has 3 aliphatic heterocycles. The van der Waals surface area contributed by atoms with Gasteiger partial charge in [0, 0.05) is 37.7 Å². The molecule has 39 heavy (non-hydrogen) atoms. The van der Waals surface area contributed by atoms with E-state index in [0.717, 1.165) is 69.8 Å². The van der Waals surface area contributed by atoms with E-state index >= 15 is 0 Å². The summed E-state index contributed by atoms with van der Waals surface area (Å²) in [4.78, 5) is 44.2. The Morgan fingerprint density at radius 1 is 1.00 bits per heavy atom. The first kappa shape index (κ1) is 27.2. The summed E-state index contributed by atoms with van der Waals surface area (Å²) in [6, 6.07) is 8.52. The van der Waals surface area contributed by atoms with Crippen molar-refractivity contribution in [1.29, 1.82) is 0 Å². The van der Waals surface area contributed by atoms with Crippen LogP contribution in [0.3, 0.4) is 0 Å². The van der Waals surface area contributed by atoms with Crippen molar-refractivity contribution in [1.82, 2.24) is 14.5 Å². The van der Waals surface area contributed by atoms with E-state index in [-0.39, 0.29) is 21.3 Å². The minimum atomic E-state index is -5.26. The molecule has 0 radical (unpaired) electrons. The third kappa shape index (κ3) is 5.83. The Hall–Kier alpha value is -3.34. The summed E-state index contributed by atoms with van der Waals surface area (Å²) >= 11 is 0. The molecule has 1 amide bonds. The maximum Gasteiger partial charge on any atom is 0.493 e. The number of fused-ring (bicyclic) bond motifs is 1. The number of piperidine rings is 2. The normalized spacial score (nSPS) is 20.4. The Bertz CT molecular complexity index is 1320. The smallest absolute Gasteiger partial charge is 0.487 e. The standard InChI is InChI=1S/C28H32F3N3O5/c1-26(2)16-19-4-3-5-20(23(19)38-26)17-32-12-8-27(9-13-32)10-14-33(15-11-27)24(36)21-6-7-22(35)34(18-21)39-25(37)28(29,30)31/h3-7,18H,8-17H2,1-2H3. The molecule has 0 N–H and O–H groups in total. The summed E-state index contributed by atoms with van der Waals surface area (Å²) in [6.45, 7) is 7.99. The second-order valence-corrected chi connectivity index (χ2v) is 11.5. The molecule has 8 nitrogen and oxygen atoms in total. The molecule has 0 saturated carbocycles. The Morgan fingerprint density at radius 3 is 2.33 bits per heavy atom. The van der Waals surface area contributed by atoms with Gasteiger partial charge in [0.1, 0.15) is 11.4 Å². The number of carbonyl (C=O) groups is 2. The SMILES string of the molecule is CC1(C)Cc2cccc(CN3CCC4(CC3)CCN(C(=O)c3ccc(=O)n(OC(=O)C(F)(F)F)c3)CC4)c2O1. The highest BCUT2D eigenvalue weighted by atomic mass is 19.4. The van der Waals surface area contributed by atoms with Gasteiger partial charge in [-0.05, 0) is 69.7 Å². The van der Waals surface area contributed by atoms with E-state index in [1.165, 1.54) is 17.2 Å². The predicted molar refractivity (Wildman–Crippen MR) is 135 cm³/mol. The zero-order chi connectivity index (χ0) is 28.0. The number of ether oxygens (including phenoxy) is 1. The van der Waals surface area contributed by atoms with Gasteiger partial charge in [0.25, 0.3) is 11.5 Å². The van der Waals surface area contributed by atoms with Crippen LogP contribution in [-0.2, 0) is 17.8 Å². The summed E-state index contributed by atoms with van der Waals surface area (Å²) in [5.41, 5.74) is 1.44. The fourth-order valence-electron chi connectivity index (χ4n) is 5.90. The monoisotopic (exact) mass is 547 g/mol. The van der Waals surface area contributed by atoms with Crippen LogP contribution < -0.4 is 15.1 Å². The van der Waals surface area contributed by atoms with E-state index in [1.54, 1.807) is 4.90 Å². The van der Waals surface area contributed by atoms with E-state index < -0.39 is 23.6 Å². The van der Waals surface area contributed by atoms with Crippen molar-refractivity contribution < 1.29 is 32.3 Å². The molecule has 2 fully saturated rings. The number of para-hydroxylation sites is 1. The Kier molecular flexibility index (Phi) is 6.98. The van der Waals surface area contributed by atoms with Crippen molar-refractivity contribution in [2.75, 3.05) is 26.2 Å². The predicted octanol–water partition coefficient (Wildman–Crippen LogP) is 3.60. The van der Waals surface area contributed by atoms with Crippen molar-refractivity contribution >= 4 is 11.9 Å². The van der Waals surface area contributed by atoms with Gasteiger partial charge in [-0.3, -0.25) is 14.5 Å². The number of likely N-dealkylation sites (tertiary alicyclic amines) is 2. The van der Waals surface area contributed by atoms with Crippen molar-refractivity contribution in [3.63, 3.8) is 0 Å². The summed E-state index contributed by atoms with van der Waals surface area (Å²) in [7, 11) is 0. The second-order valence-electron chi connectivity index (χ2n) is 11.5. The van der Waals surface area contributed by atoms with Gasteiger partial charge in [-0.1, -0.05) is 18.2 Å². The highest BCUT2D eigenvalue weighted by Gasteiger charge is 2.42. The number of benzene rings is 1. The summed E-state index contributed by atoms with van der Waals surface area (Å²) in [5, 5.41) is 0. The van der Waals surface area contributed by atoms with Crippen LogP contribution in [0.4, 0.5) is 13.2 Å². The van der Waals surface area contributed by atoms with E-state index in [1.807, 2.05) is 0 Å². The number of aromatic nitrogens is 1. The van der Waals surface area contributed by atoms with Gasteiger partial charge < -0.3 is 14.5 Å². The van der Waals surface area contributed by atoms with Crippen LogP contribution in [0.5, 0.6) is 5.75 Å². The zero-order valence-corrected chi connectivity index (χ0v) is 22.1. The molecule has 4 heterocycles. The summed E-state index contributed by atoms with van der Waals surface area (Å²) in [5.74, 6) is -1.93. The molecule has 0 unspecified atom stereocenters. The minimum Gasteiger partial charge on any atom is -0.487 e. The van der Waals surface area contributed by atoms with E-state index in [0.29, 0.717) is 13.1 Å². The number of alkyl halides is 3. The highest BCUT2D eigenvalue weighted by molar-refractivity contribution is 5.94. The molecular weight excluding hydrogens is 515 g/mol. The lowest BCUT2D eigenvalue weighted by Gasteiger charge is -2.47. The largest absolute Gasteiger partial charge is 0.493 e. The molecule has 0 aliphatic carbocycles. The lowest BCUT2D eigenvalue weighted by molar-refractivity contribution is -0.200.